The molecule has 3 rings (SSSR count). The smallest absolute Gasteiger partial charge is 0.334 e. The Kier molecular flexibility index (Phi) is 1.98. The quantitative estimate of drug-likeness (QED) is 0.461. The second kappa shape index (κ2) is 3.08. The molecule has 0 bridgehead atoms. The van der Waals surface area contributed by atoms with E-state index in [0.29, 0.717) is 5.57 Å². The molecule has 0 aromatic heterocycles. The van der Waals surface area contributed by atoms with Crippen LogP contribution >= 0.6 is 0 Å². The maximum absolute atomic E-state index is 11.5. The normalized spacial score (nSPS) is 45.1. The van der Waals surface area contributed by atoms with E-state index in [1.165, 1.54) is 0 Å². The number of carbonyl (C=O) groups excluding carboxylic acids is 1. The maximum Gasteiger partial charge on any atom is 0.334 e. The monoisotopic (exact) mass is 224 g/mol. The van der Waals surface area contributed by atoms with E-state index in [-0.39, 0.29) is 30.2 Å². The third-order valence-corrected chi connectivity index (χ3v) is 3.63. The molecule has 0 unspecified atom stereocenters. The number of hydrogen-bond donors (Lipinski definition) is 0. The Morgan fingerprint density at radius 3 is 2.69 bits per heavy atom. The van der Waals surface area contributed by atoms with Gasteiger partial charge in [0.2, 0.25) is 0 Å². The standard InChI is InChI=1S/C12H16O4/c1-6-9-7(14-11(6)13)4-5-8-10(9)16-12(2,3)15-8/h7-10H,1,4-5H2,2-3H3/t7-,8+,9-,10+/m0/s1. The summed E-state index contributed by atoms with van der Waals surface area (Å²) in [6.45, 7) is 7.62. The Morgan fingerprint density at radius 2 is 1.94 bits per heavy atom. The number of carbonyl (C=O) groups is 1. The minimum atomic E-state index is -0.559. The van der Waals surface area contributed by atoms with Crippen LogP contribution in [0, 0.1) is 5.92 Å². The van der Waals surface area contributed by atoms with Crippen LogP contribution in [0.5, 0.6) is 0 Å². The summed E-state index contributed by atoms with van der Waals surface area (Å²) >= 11 is 0. The molecule has 4 nitrogen and oxygen atoms in total. The van der Waals surface area contributed by atoms with Gasteiger partial charge in [-0.3, -0.25) is 0 Å². The molecule has 0 spiro atoms. The van der Waals surface area contributed by atoms with Crippen LogP contribution < -0.4 is 0 Å². The Bertz CT molecular complexity index is 360. The fourth-order valence-electron chi connectivity index (χ4n) is 3.01. The number of fused-ring (bicyclic) bond motifs is 3. The summed E-state index contributed by atoms with van der Waals surface area (Å²) in [5, 5.41) is 0. The molecular weight excluding hydrogens is 208 g/mol. The first-order chi connectivity index (χ1) is 7.48. The molecule has 2 aliphatic heterocycles. The lowest BCUT2D eigenvalue weighted by atomic mass is 9.80. The minimum Gasteiger partial charge on any atom is -0.458 e. The van der Waals surface area contributed by atoms with Gasteiger partial charge >= 0.3 is 5.97 Å². The molecular formula is C12H16O4. The van der Waals surface area contributed by atoms with Gasteiger partial charge in [-0.1, -0.05) is 6.58 Å². The lowest BCUT2D eigenvalue weighted by Crippen LogP contribution is -2.41. The van der Waals surface area contributed by atoms with Gasteiger partial charge in [-0.05, 0) is 26.7 Å². The zero-order valence-corrected chi connectivity index (χ0v) is 9.56. The highest BCUT2D eigenvalue weighted by molar-refractivity contribution is 5.91. The average molecular weight is 224 g/mol. The molecule has 0 aromatic rings. The summed E-state index contributed by atoms with van der Waals surface area (Å²) in [4.78, 5) is 11.5. The van der Waals surface area contributed by atoms with Crippen LogP contribution in [-0.2, 0) is 19.0 Å². The molecule has 1 aliphatic carbocycles. The molecule has 3 aliphatic rings. The molecule has 2 saturated heterocycles. The van der Waals surface area contributed by atoms with E-state index in [1.54, 1.807) is 0 Å². The van der Waals surface area contributed by atoms with Gasteiger partial charge in [0.15, 0.2) is 5.79 Å². The van der Waals surface area contributed by atoms with Crippen molar-refractivity contribution in [1.29, 1.82) is 0 Å². The molecule has 88 valence electrons. The fourth-order valence-corrected chi connectivity index (χ4v) is 3.01. The number of esters is 1. The number of ether oxygens (including phenoxy) is 3. The zero-order chi connectivity index (χ0) is 11.5. The van der Waals surface area contributed by atoms with E-state index in [4.69, 9.17) is 14.2 Å². The van der Waals surface area contributed by atoms with Crippen LogP contribution in [0.15, 0.2) is 12.2 Å². The van der Waals surface area contributed by atoms with Crippen molar-refractivity contribution >= 4 is 5.97 Å². The van der Waals surface area contributed by atoms with Gasteiger partial charge < -0.3 is 14.2 Å². The van der Waals surface area contributed by atoms with E-state index >= 15 is 0 Å². The fraction of sp³-hybridized carbons (Fsp3) is 0.750. The molecule has 0 aromatic carbocycles. The van der Waals surface area contributed by atoms with Crippen molar-refractivity contribution in [2.75, 3.05) is 0 Å². The summed E-state index contributed by atoms with van der Waals surface area (Å²) in [5.74, 6) is -0.854. The third kappa shape index (κ3) is 1.33. The predicted molar refractivity (Wildman–Crippen MR) is 55.6 cm³/mol. The summed E-state index contributed by atoms with van der Waals surface area (Å²) in [6.07, 6.45) is 1.67. The van der Waals surface area contributed by atoms with Crippen LogP contribution in [0.3, 0.4) is 0 Å². The van der Waals surface area contributed by atoms with Crippen LogP contribution in [0.1, 0.15) is 26.7 Å². The van der Waals surface area contributed by atoms with Gasteiger partial charge in [0.1, 0.15) is 6.10 Å². The molecule has 3 fully saturated rings. The first-order valence-electron chi connectivity index (χ1n) is 5.73. The van der Waals surface area contributed by atoms with Crippen molar-refractivity contribution in [3.63, 3.8) is 0 Å². The zero-order valence-electron chi connectivity index (χ0n) is 9.56. The Labute approximate surface area is 94.5 Å². The van der Waals surface area contributed by atoms with Crippen molar-refractivity contribution in [1.82, 2.24) is 0 Å². The molecule has 0 radical (unpaired) electrons. The van der Waals surface area contributed by atoms with Gasteiger partial charge in [0, 0.05) is 5.57 Å². The summed E-state index contributed by atoms with van der Waals surface area (Å²) in [6, 6.07) is 0. The van der Waals surface area contributed by atoms with Crippen molar-refractivity contribution in [3.8, 4) is 0 Å². The van der Waals surface area contributed by atoms with E-state index in [9.17, 15) is 4.79 Å². The Balaban J connectivity index is 1.90. The molecule has 1 saturated carbocycles. The summed E-state index contributed by atoms with van der Waals surface area (Å²) in [7, 11) is 0. The first kappa shape index (κ1) is 10.3. The Morgan fingerprint density at radius 1 is 1.25 bits per heavy atom. The third-order valence-electron chi connectivity index (χ3n) is 3.63. The van der Waals surface area contributed by atoms with Gasteiger partial charge in [-0.2, -0.15) is 0 Å². The lowest BCUT2D eigenvalue weighted by molar-refractivity contribution is -0.148. The van der Waals surface area contributed by atoms with Crippen molar-refractivity contribution in [3.05, 3.63) is 12.2 Å². The van der Waals surface area contributed by atoms with Gasteiger partial charge in [-0.25, -0.2) is 4.79 Å². The van der Waals surface area contributed by atoms with Crippen LogP contribution in [0.2, 0.25) is 0 Å². The van der Waals surface area contributed by atoms with E-state index in [2.05, 4.69) is 6.58 Å². The number of hydrogen-bond acceptors (Lipinski definition) is 4. The first-order valence-corrected chi connectivity index (χ1v) is 5.73. The van der Waals surface area contributed by atoms with Gasteiger partial charge in [0.25, 0.3) is 0 Å². The minimum absolute atomic E-state index is 0.0203. The second-order valence-corrected chi connectivity index (χ2v) is 5.21. The molecule has 4 heteroatoms. The SMILES string of the molecule is C=C1C(=O)O[C@H]2CC[C@H]3OC(C)(C)O[C@H]3[C@@H]12. The van der Waals surface area contributed by atoms with Crippen LogP contribution in [-0.4, -0.2) is 30.1 Å². The molecule has 0 amide bonds. The molecule has 2 heterocycles. The second-order valence-electron chi connectivity index (χ2n) is 5.21. The molecule has 0 N–H and O–H groups in total. The van der Waals surface area contributed by atoms with Crippen LogP contribution in [0.25, 0.3) is 0 Å². The lowest BCUT2D eigenvalue weighted by Gasteiger charge is -2.31. The predicted octanol–water partition coefficient (Wildman–Crippen LogP) is 1.40. The largest absolute Gasteiger partial charge is 0.458 e. The average Bonchev–Trinajstić information content (AvgIpc) is 2.63. The van der Waals surface area contributed by atoms with Gasteiger partial charge in [-0.15, -0.1) is 0 Å². The van der Waals surface area contributed by atoms with E-state index < -0.39 is 5.79 Å². The van der Waals surface area contributed by atoms with Crippen molar-refractivity contribution in [2.45, 2.75) is 50.8 Å². The Hall–Kier alpha value is -0.870. The van der Waals surface area contributed by atoms with E-state index in [0.717, 1.165) is 12.8 Å². The van der Waals surface area contributed by atoms with Gasteiger partial charge in [0.05, 0.1) is 18.1 Å². The topological polar surface area (TPSA) is 44.8 Å². The highest BCUT2D eigenvalue weighted by atomic mass is 16.8. The highest BCUT2D eigenvalue weighted by Crippen LogP contribution is 2.46. The van der Waals surface area contributed by atoms with Crippen molar-refractivity contribution in [2.24, 2.45) is 5.92 Å². The maximum atomic E-state index is 11.5. The van der Waals surface area contributed by atoms with Crippen molar-refractivity contribution < 1.29 is 19.0 Å². The summed E-state index contributed by atoms with van der Waals surface area (Å²) in [5.41, 5.74) is 0.543. The van der Waals surface area contributed by atoms with Crippen LogP contribution in [0.4, 0.5) is 0 Å². The van der Waals surface area contributed by atoms with E-state index in [1.807, 2.05) is 13.8 Å². The number of rotatable bonds is 0. The molecule has 4 atom stereocenters. The molecule has 16 heavy (non-hydrogen) atoms. The highest BCUT2D eigenvalue weighted by Gasteiger charge is 2.55. The summed E-state index contributed by atoms with van der Waals surface area (Å²) < 4.78 is 17.0.